The highest BCUT2D eigenvalue weighted by atomic mass is 32.2. The summed E-state index contributed by atoms with van der Waals surface area (Å²) in [5, 5.41) is 11.7. The molecular weight excluding hydrogens is 282 g/mol. The van der Waals surface area contributed by atoms with Crippen LogP contribution in [0.15, 0.2) is 47.4 Å². The van der Waals surface area contributed by atoms with E-state index in [1.807, 2.05) is 25.1 Å². The molecule has 0 aliphatic carbocycles. The molecule has 1 amide bonds. The van der Waals surface area contributed by atoms with Crippen LogP contribution in [-0.4, -0.2) is 11.7 Å². The number of nitrogen functional groups attached to an aromatic ring is 1. The van der Waals surface area contributed by atoms with Gasteiger partial charge in [-0.2, -0.15) is 5.26 Å². The van der Waals surface area contributed by atoms with E-state index in [-0.39, 0.29) is 11.7 Å². The highest BCUT2D eigenvalue weighted by Gasteiger charge is 2.08. The van der Waals surface area contributed by atoms with Gasteiger partial charge in [-0.3, -0.25) is 4.79 Å². The molecule has 2 rings (SSSR count). The summed E-state index contributed by atoms with van der Waals surface area (Å²) in [5.41, 5.74) is 8.53. The number of rotatable bonds is 4. The first kappa shape index (κ1) is 14.9. The van der Waals surface area contributed by atoms with Gasteiger partial charge in [-0.25, -0.2) is 0 Å². The molecule has 106 valence electrons. The minimum atomic E-state index is -0.149. The van der Waals surface area contributed by atoms with E-state index in [4.69, 9.17) is 11.0 Å². The van der Waals surface area contributed by atoms with Crippen LogP contribution >= 0.6 is 11.8 Å². The number of nitrogens with two attached hydrogens (primary N) is 1. The first-order chi connectivity index (χ1) is 10.1. The average molecular weight is 297 g/mol. The average Bonchev–Trinajstić information content (AvgIpc) is 2.49. The normalized spacial score (nSPS) is 9.90. The number of nitrogens with one attached hydrogen (secondary N) is 1. The monoisotopic (exact) mass is 297 g/mol. The number of anilines is 2. The number of amides is 1. The number of benzene rings is 2. The fraction of sp³-hybridized carbons (Fsp3) is 0.125. The van der Waals surface area contributed by atoms with Gasteiger partial charge in [-0.15, -0.1) is 11.8 Å². The van der Waals surface area contributed by atoms with Crippen LogP contribution in [0.5, 0.6) is 0 Å². The molecule has 0 fully saturated rings. The first-order valence-electron chi connectivity index (χ1n) is 6.38. The van der Waals surface area contributed by atoms with Crippen molar-refractivity contribution in [1.29, 1.82) is 5.26 Å². The summed E-state index contributed by atoms with van der Waals surface area (Å²) in [4.78, 5) is 13.0. The fourth-order valence-electron chi connectivity index (χ4n) is 1.81. The molecule has 0 spiro atoms. The molecule has 0 radical (unpaired) electrons. The lowest BCUT2D eigenvalue weighted by atomic mass is 10.2. The lowest BCUT2D eigenvalue weighted by molar-refractivity contribution is -0.113. The van der Waals surface area contributed by atoms with Gasteiger partial charge in [0.05, 0.1) is 17.0 Å². The van der Waals surface area contributed by atoms with Crippen molar-refractivity contribution < 1.29 is 4.79 Å². The standard InChI is InChI=1S/C16H15N3OS/c1-11-13(18)6-4-8-15(11)21-10-16(20)19-14-7-3-2-5-12(14)9-17/h2-8H,10,18H2,1H3,(H,19,20). The van der Waals surface area contributed by atoms with Crippen LogP contribution in [0, 0.1) is 18.3 Å². The van der Waals surface area contributed by atoms with Gasteiger partial charge in [0.15, 0.2) is 0 Å². The summed E-state index contributed by atoms with van der Waals surface area (Å²) < 4.78 is 0. The van der Waals surface area contributed by atoms with Crippen LogP contribution in [0.4, 0.5) is 11.4 Å². The third-order valence-corrected chi connectivity index (χ3v) is 4.17. The summed E-state index contributed by atoms with van der Waals surface area (Å²) in [5.74, 6) is 0.119. The van der Waals surface area contributed by atoms with E-state index in [1.165, 1.54) is 11.8 Å². The Kier molecular flexibility index (Phi) is 4.85. The van der Waals surface area contributed by atoms with Crippen LogP contribution in [0.1, 0.15) is 11.1 Å². The molecule has 0 aliphatic heterocycles. The van der Waals surface area contributed by atoms with Crippen molar-refractivity contribution in [3.8, 4) is 6.07 Å². The zero-order valence-corrected chi connectivity index (χ0v) is 12.4. The first-order valence-corrected chi connectivity index (χ1v) is 7.37. The summed E-state index contributed by atoms with van der Waals surface area (Å²) in [6.07, 6.45) is 0. The molecule has 0 aliphatic rings. The zero-order valence-electron chi connectivity index (χ0n) is 11.6. The molecule has 0 aromatic heterocycles. The third kappa shape index (κ3) is 3.77. The van der Waals surface area contributed by atoms with E-state index in [9.17, 15) is 4.79 Å². The molecular formula is C16H15N3OS. The Morgan fingerprint density at radius 2 is 2.05 bits per heavy atom. The number of hydrogen-bond donors (Lipinski definition) is 2. The van der Waals surface area contributed by atoms with E-state index in [0.29, 0.717) is 11.3 Å². The van der Waals surface area contributed by atoms with Gasteiger partial charge in [-0.1, -0.05) is 18.2 Å². The second-order valence-electron chi connectivity index (χ2n) is 4.46. The predicted octanol–water partition coefficient (Wildman–Crippen LogP) is 3.18. The second-order valence-corrected chi connectivity index (χ2v) is 5.48. The van der Waals surface area contributed by atoms with Gasteiger partial charge >= 0.3 is 0 Å². The van der Waals surface area contributed by atoms with Gasteiger partial charge in [0, 0.05) is 10.6 Å². The molecule has 0 atom stereocenters. The lowest BCUT2D eigenvalue weighted by Crippen LogP contribution is -2.15. The Balaban J connectivity index is 2.00. The molecule has 0 saturated heterocycles. The SMILES string of the molecule is Cc1c(N)cccc1SCC(=O)Nc1ccccc1C#N. The van der Waals surface area contributed by atoms with Crippen LogP contribution in [0.25, 0.3) is 0 Å². The highest BCUT2D eigenvalue weighted by Crippen LogP contribution is 2.26. The van der Waals surface area contributed by atoms with E-state index < -0.39 is 0 Å². The molecule has 21 heavy (non-hydrogen) atoms. The smallest absolute Gasteiger partial charge is 0.234 e. The maximum atomic E-state index is 12.0. The van der Waals surface area contributed by atoms with Crippen molar-refractivity contribution >= 4 is 29.0 Å². The number of thioether (sulfide) groups is 1. The molecule has 0 saturated carbocycles. The molecule has 2 aromatic rings. The van der Waals surface area contributed by atoms with Crippen LogP contribution in [-0.2, 0) is 4.79 Å². The Morgan fingerprint density at radius 3 is 2.81 bits per heavy atom. The van der Waals surface area contributed by atoms with Crippen molar-refractivity contribution in [2.75, 3.05) is 16.8 Å². The number of para-hydroxylation sites is 1. The Hall–Kier alpha value is -2.45. The summed E-state index contributed by atoms with van der Waals surface area (Å²) >= 11 is 1.43. The van der Waals surface area contributed by atoms with Crippen molar-refractivity contribution in [2.45, 2.75) is 11.8 Å². The van der Waals surface area contributed by atoms with Crippen LogP contribution in [0.3, 0.4) is 0 Å². The molecule has 4 nitrogen and oxygen atoms in total. The van der Waals surface area contributed by atoms with Crippen molar-refractivity contribution in [2.24, 2.45) is 0 Å². The Bertz CT molecular complexity index is 707. The van der Waals surface area contributed by atoms with E-state index >= 15 is 0 Å². The van der Waals surface area contributed by atoms with Gasteiger partial charge < -0.3 is 11.1 Å². The quantitative estimate of drug-likeness (QED) is 0.671. The summed E-state index contributed by atoms with van der Waals surface area (Å²) in [6.45, 7) is 1.93. The molecule has 5 heteroatoms. The van der Waals surface area contributed by atoms with Crippen molar-refractivity contribution in [3.05, 3.63) is 53.6 Å². The van der Waals surface area contributed by atoms with Gasteiger partial charge in [0.2, 0.25) is 5.91 Å². The van der Waals surface area contributed by atoms with Gasteiger partial charge in [0.1, 0.15) is 6.07 Å². The molecule has 0 bridgehead atoms. The minimum Gasteiger partial charge on any atom is -0.398 e. The second kappa shape index (κ2) is 6.82. The number of hydrogen-bond acceptors (Lipinski definition) is 4. The number of nitrogens with zero attached hydrogens (tertiary/aromatic N) is 1. The number of carbonyl (C=O) groups is 1. The number of nitriles is 1. The third-order valence-electron chi connectivity index (χ3n) is 3.01. The summed E-state index contributed by atoms with van der Waals surface area (Å²) in [7, 11) is 0. The lowest BCUT2D eigenvalue weighted by Gasteiger charge is -2.09. The van der Waals surface area contributed by atoms with E-state index in [1.54, 1.807) is 24.3 Å². The van der Waals surface area contributed by atoms with Gasteiger partial charge in [-0.05, 0) is 36.8 Å². The highest BCUT2D eigenvalue weighted by molar-refractivity contribution is 8.00. The molecule has 0 unspecified atom stereocenters. The Morgan fingerprint density at radius 1 is 1.29 bits per heavy atom. The molecule has 2 aromatic carbocycles. The van der Waals surface area contributed by atoms with Crippen molar-refractivity contribution in [1.82, 2.24) is 0 Å². The van der Waals surface area contributed by atoms with Gasteiger partial charge in [0.25, 0.3) is 0 Å². The molecule has 0 heterocycles. The minimum absolute atomic E-state index is 0.149. The van der Waals surface area contributed by atoms with E-state index in [2.05, 4.69) is 11.4 Å². The van der Waals surface area contributed by atoms with Crippen LogP contribution < -0.4 is 11.1 Å². The largest absolute Gasteiger partial charge is 0.398 e. The maximum Gasteiger partial charge on any atom is 0.234 e. The van der Waals surface area contributed by atoms with Crippen molar-refractivity contribution in [3.63, 3.8) is 0 Å². The predicted molar refractivity (Wildman–Crippen MR) is 86.1 cm³/mol. The van der Waals surface area contributed by atoms with E-state index in [0.717, 1.165) is 16.1 Å². The summed E-state index contributed by atoms with van der Waals surface area (Å²) in [6, 6.07) is 14.6. The topological polar surface area (TPSA) is 78.9 Å². The zero-order chi connectivity index (χ0) is 15.2. The maximum absolute atomic E-state index is 12.0. The fourth-order valence-corrected chi connectivity index (χ4v) is 2.67. The van der Waals surface area contributed by atoms with Crippen LogP contribution in [0.2, 0.25) is 0 Å². The molecule has 3 N–H and O–H groups in total. The Labute approximate surface area is 128 Å². The number of carbonyl (C=O) groups excluding carboxylic acids is 1.